The highest BCUT2D eigenvalue weighted by Gasteiger charge is 2.65. The van der Waals surface area contributed by atoms with Crippen LogP contribution in [0, 0.1) is 17.8 Å². The molecule has 0 saturated heterocycles. The summed E-state index contributed by atoms with van der Waals surface area (Å²) >= 11 is 1.75. The van der Waals surface area contributed by atoms with Gasteiger partial charge in [-0.3, -0.25) is 0 Å². The second kappa shape index (κ2) is 20.2. The standard InChI is InChI=1S/C45H56N2O8S/c1-4-25-53-45-41(47(2)44(50)51-3)30-39(46-54-31-32-15-7-5-8-16-32)37-28-33(17-11-13-23-48)36(20-12-14-24-49)42(43(37)45)38-29-34(21-22-40(38)55-45)52-26-27-56-35-18-9-6-10-19-35/h4-10,15-16,18-19,21-22,28-29,33,36,41-43,48-49H,1,11-14,17,20,23-27,30-31H2,2-3H3/t33-,36+,41-,42+,43+,45+/m0/s1. The van der Waals surface area contributed by atoms with Crippen molar-refractivity contribution in [2.24, 2.45) is 22.9 Å². The third-order valence-corrected chi connectivity index (χ3v) is 12.2. The number of methoxy groups -OCH3 is 1. The molecule has 0 unspecified atom stereocenters. The minimum Gasteiger partial charge on any atom is -0.493 e. The number of aliphatic hydroxyl groups is 2. The Bertz CT molecular complexity index is 1790. The SMILES string of the molecule is C=CCO[C@@]12Oc3ccc(OCCSc4ccccc4)cc3[C@H]3[C@H](CCCCO)[C@@H](CCCCO)C=C(C(=NOCc4ccccc4)C[C@@H]1N(C)C(=O)OC)[C@H]32. The molecule has 6 atom stereocenters. The molecule has 6 rings (SSSR count). The lowest BCUT2D eigenvalue weighted by atomic mass is 9.55. The van der Waals surface area contributed by atoms with Crippen LogP contribution < -0.4 is 9.47 Å². The number of amides is 1. The van der Waals surface area contributed by atoms with Crippen LogP contribution in [0.5, 0.6) is 11.5 Å². The average molecular weight is 785 g/mol. The van der Waals surface area contributed by atoms with E-state index in [1.54, 1.807) is 29.8 Å². The number of rotatable bonds is 20. The number of nitrogens with zero attached hydrogens (tertiary/aromatic N) is 2. The van der Waals surface area contributed by atoms with Crippen molar-refractivity contribution in [1.82, 2.24) is 4.90 Å². The topological polar surface area (TPSA) is 119 Å². The van der Waals surface area contributed by atoms with Gasteiger partial charge in [0.2, 0.25) is 5.79 Å². The van der Waals surface area contributed by atoms with Crippen LogP contribution in [0.1, 0.15) is 62.0 Å². The van der Waals surface area contributed by atoms with Crippen LogP contribution in [0.3, 0.4) is 0 Å². The predicted molar refractivity (Wildman–Crippen MR) is 219 cm³/mol. The molecule has 1 saturated carbocycles. The van der Waals surface area contributed by atoms with Crippen molar-refractivity contribution < 1.29 is 38.8 Å². The van der Waals surface area contributed by atoms with Gasteiger partial charge in [0.1, 0.15) is 24.1 Å². The minimum atomic E-state index is -1.33. The van der Waals surface area contributed by atoms with Gasteiger partial charge >= 0.3 is 6.09 Å². The highest BCUT2D eigenvalue weighted by molar-refractivity contribution is 7.99. The molecule has 1 heterocycles. The molecule has 11 heteroatoms. The van der Waals surface area contributed by atoms with Crippen molar-refractivity contribution in [2.75, 3.05) is 46.3 Å². The number of ether oxygens (including phenoxy) is 4. The number of allylic oxidation sites excluding steroid dienone is 1. The summed E-state index contributed by atoms with van der Waals surface area (Å²) in [5, 5.41) is 24.5. The zero-order valence-electron chi connectivity index (χ0n) is 32.6. The van der Waals surface area contributed by atoms with Crippen LogP contribution in [0.15, 0.2) is 113 Å². The molecule has 0 spiro atoms. The van der Waals surface area contributed by atoms with E-state index in [0.717, 1.165) is 59.6 Å². The molecule has 3 aromatic rings. The van der Waals surface area contributed by atoms with E-state index < -0.39 is 23.8 Å². The third kappa shape index (κ3) is 9.45. The number of thioether (sulfide) groups is 1. The summed E-state index contributed by atoms with van der Waals surface area (Å²) < 4.78 is 25.8. The van der Waals surface area contributed by atoms with Gasteiger partial charge in [0.25, 0.3) is 0 Å². The zero-order chi connectivity index (χ0) is 39.3. The van der Waals surface area contributed by atoms with Gasteiger partial charge in [-0.2, -0.15) is 0 Å². The van der Waals surface area contributed by atoms with Crippen molar-refractivity contribution in [3.63, 3.8) is 0 Å². The maximum absolute atomic E-state index is 13.4. The highest BCUT2D eigenvalue weighted by atomic mass is 32.2. The lowest BCUT2D eigenvalue weighted by Gasteiger charge is -2.59. The molecular weight excluding hydrogens is 729 g/mol. The van der Waals surface area contributed by atoms with Crippen molar-refractivity contribution in [1.29, 1.82) is 0 Å². The molecule has 0 bridgehead atoms. The van der Waals surface area contributed by atoms with Crippen LogP contribution in [-0.4, -0.2) is 85.1 Å². The van der Waals surface area contributed by atoms with Gasteiger partial charge in [-0.15, -0.1) is 18.3 Å². The molecule has 2 aliphatic carbocycles. The van der Waals surface area contributed by atoms with Gasteiger partial charge in [0, 0.05) is 48.8 Å². The first-order valence-electron chi connectivity index (χ1n) is 19.8. The number of unbranched alkanes of at least 4 members (excludes halogenated alkanes) is 2. The Morgan fingerprint density at radius 2 is 1.75 bits per heavy atom. The minimum absolute atomic E-state index is 0.112. The van der Waals surface area contributed by atoms with E-state index in [0.29, 0.717) is 31.6 Å². The van der Waals surface area contributed by atoms with Crippen molar-refractivity contribution >= 4 is 23.6 Å². The Labute approximate surface area is 335 Å². The number of hydrogen-bond donors (Lipinski definition) is 2. The lowest BCUT2D eigenvalue weighted by Crippen LogP contribution is -2.69. The van der Waals surface area contributed by atoms with Crippen LogP contribution in [0.4, 0.5) is 4.79 Å². The number of aliphatic hydroxyl groups excluding tert-OH is 2. The van der Waals surface area contributed by atoms with E-state index in [9.17, 15) is 15.0 Å². The number of hydrogen-bond acceptors (Lipinski definition) is 10. The molecule has 2 N–H and O–H groups in total. The van der Waals surface area contributed by atoms with Crippen LogP contribution in [0.25, 0.3) is 0 Å². The van der Waals surface area contributed by atoms with Gasteiger partial charge < -0.3 is 38.9 Å². The van der Waals surface area contributed by atoms with Crippen LogP contribution in [0.2, 0.25) is 0 Å². The molecule has 1 fully saturated rings. The predicted octanol–water partition coefficient (Wildman–Crippen LogP) is 8.39. The number of likely N-dealkylation sites (N-methyl/N-ethyl adjacent to an activating group) is 1. The van der Waals surface area contributed by atoms with E-state index in [-0.39, 0.29) is 44.2 Å². The first-order chi connectivity index (χ1) is 27.4. The monoisotopic (exact) mass is 784 g/mol. The molecule has 1 aliphatic heterocycles. The van der Waals surface area contributed by atoms with E-state index in [2.05, 4.69) is 30.9 Å². The number of oxime groups is 1. The van der Waals surface area contributed by atoms with Crippen molar-refractivity contribution in [2.45, 2.75) is 74.2 Å². The largest absolute Gasteiger partial charge is 0.493 e. The molecule has 3 aliphatic rings. The van der Waals surface area contributed by atoms with Gasteiger partial charge in [0.15, 0.2) is 0 Å². The first-order valence-corrected chi connectivity index (χ1v) is 20.8. The molecule has 0 radical (unpaired) electrons. The number of fused-ring (bicyclic) bond motifs is 2. The molecule has 56 heavy (non-hydrogen) atoms. The van der Waals surface area contributed by atoms with E-state index >= 15 is 0 Å². The average Bonchev–Trinajstić information content (AvgIpc) is 3.23. The quantitative estimate of drug-likeness (QED) is 0.0504. The van der Waals surface area contributed by atoms with E-state index in [1.165, 1.54) is 12.0 Å². The van der Waals surface area contributed by atoms with Crippen LogP contribution >= 0.6 is 11.8 Å². The fourth-order valence-corrected chi connectivity index (χ4v) is 9.44. The summed E-state index contributed by atoms with van der Waals surface area (Å²) in [6.07, 6.45) is 8.60. The Balaban J connectivity index is 1.47. The molecule has 0 aromatic heterocycles. The van der Waals surface area contributed by atoms with Gasteiger partial charge in [-0.1, -0.05) is 78.7 Å². The smallest absolute Gasteiger partial charge is 0.409 e. The Morgan fingerprint density at radius 3 is 2.46 bits per heavy atom. The second-order valence-electron chi connectivity index (χ2n) is 14.6. The van der Waals surface area contributed by atoms with Crippen molar-refractivity contribution in [3.8, 4) is 11.5 Å². The fourth-order valence-electron chi connectivity index (χ4n) is 8.68. The zero-order valence-corrected chi connectivity index (χ0v) is 33.4. The normalized spacial score (nSPS) is 24.2. The van der Waals surface area contributed by atoms with Gasteiger partial charge in [-0.05, 0) is 79.0 Å². The Hall–Kier alpha value is -4.29. The maximum Gasteiger partial charge on any atom is 0.409 e. The lowest BCUT2D eigenvalue weighted by molar-refractivity contribution is -0.253. The van der Waals surface area contributed by atoms with Gasteiger partial charge in [0.05, 0.1) is 32.0 Å². The van der Waals surface area contributed by atoms with Crippen LogP contribution in [-0.2, 0) is 20.9 Å². The van der Waals surface area contributed by atoms with Crippen molar-refractivity contribution in [3.05, 3.63) is 114 Å². The summed E-state index contributed by atoms with van der Waals surface area (Å²) in [6, 6.07) is 25.6. The molecule has 3 aromatic carbocycles. The maximum atomic E-state index is 13.4. The second-order valence-corrected chi connectivity index (χ2v) is 15.8. The summed E-state index contributed by atoms with van der Waals surface area (Å²) in [5.74, 6) is 0.569. The number of carbonyl (C=O) groups is 1. The highest BCUT2D eigenvalue weighted by Crippen LogP contribution is 2.61. The van der Waals surface area contributed by atoms with E-state index in [1.807, 2.05) is 60.7 Å². The Morgan fingerprint density at radius 1 is 1.02 bits per heavy atom. The Kier molecular flexibility index (Phi) is 14.9. The first kappa shape index (κ1) is 41.3. The molecular formula is C45H56N2O8S. The number of carbonyl (C=O) groups excluding carboxylic acids is 1. The summed E-state index contributed by atoms with van der Waals surface area (Å²) in [7, 11) is 3.08. The summed E-state index contributed by atoms with van der Waals surface area (Å²) in [4.78, 5) is 22.3. The fraction of sp³-hybridized carbons (Fsp3) is 0.467. The molecule has 1 amide bonds. The third-order valence-electron chi connectivity index (χ3n) is 11.2. The van der Waals surface area contributed by atoms with E-state index in [4.69, 9.17) is 28.9 Å². The summed E-state index contributed by atoms with van der Waals surface area (Å²) in [6.45, 7) is 5.22. The molecule has 300 valence electrons. The number of benzene rings is 3. The van der Waals surface area contributed by atoms with Gasteiger partial charge in [-0.25, -0.2) is 4.79 Å². The summed E-state index contributed by atoms with van der Waals surface area (Å²) in [5.41, 5.74) is 3.71. The molecule has 10 nitrogen and oxygen atoms in total.